The molecule has 0 amide bonds. The van der Waals surface area contributed by atoms with Gasteiger partial charge in [-0.05, 0) is 61.9 Å². The molecule has 0 aromatic carbocycles. The second-order valence-electron chi connectivity index (χ2n) is 11.2. The van der Waals surface area contributed by atoms with Gasteiger partial charge in [0, 0.05) is 11.0 Å². The molecule has 2 heterocycles. The summed E-state index contributed by atoms with van der Waals surface area (Å²) in [7, 11) is 0. The van der Waals surface area contributed by atoms with Crippen LogP contribution < -0.4 is 0 Å². The lowest BCUT2D eigenvalue weighted by molar-refractivity contribution is -0.313. The molecule has 198 valence electrons. The third kappa shape index (κ3) is 4.72. The van der Waals surface area contributed by atoms with E-state index in [0.717, 1.165) is 25.7 Å². The van der Waals surface area contributed by atoms with Crippen LogP contribution in [0.1, 0.15) is 52.4 Å². The number of fused-ring (bicyclic) bond motifs is 1. The van der Waals surface area contributed by atoms with Gasteiger partial charge >= 0.3 is 5.97 Å². The number of ether oxygens (including phenoxy) is 3. The lowest BCUT2D eigenvalue weighted by atomic mass is 9.46. The van der Waals surface area contributed by atoms with E-state index < -0.39 is 48.8 Å². The van der Waals surface area contributed by atoms with Crippen LogP contribution in [0.5, 0.6) is 0 Å². The Morgan fingerprint density at radius 2 is 1.89 bits per heavy atom. The highest BCUT2D eigenvalue weighted by molar-refractivity contribution is 5.90. The first kappa shape index (κ1) is 26.7. The molecule has 1 saturated heterocycles. The maximum absolute atomic E-state index is 11.9. The van der Waals surface area contributed by atoms with E-state index in [0.29, 0.717) is 25.0 Å². The zero-order valence-corrected chi connectivity index (χ0v) is 20.6. The van der Waals surface area contributed by atoms with Crippen molar-refractivity contribution in [2.24, 2.45) is 22.7 Å². The van der Waals surface area contributed by atoms with Gasteiger partial charge < -0.3 is 39.7 Å². The van der Waals surface area contributed by atoms with Crippen molar-refractivity contribution in [3.8, 4) is 0 Å². The topological polar surface area (TPSA) is 146 Å². The number of allylic oxidation sites excluding steroid dienone is 1. The molecule has 0 unspecified atom stereocenters. The molecule has 9 nitrogen and oxygen atoms in total. The number of hydrogen-bond donors (Lipinski definition) is 5. The molecule has 0 aromatic heterocycles. The van der Waals surface area contributed by atoms with Gasteiger partial charge in [0.1, 0.15) is 31.0 Å². The van der Waals surface area contributed by atoms with Gasteiger partial charge in [0.15, 0.2) is 6.29 Å². The SMILES string of the molecule is C=C1CC[C@@H]2[C@](C)(CO[C@H]3O[C@H](CO)[C@@H](O)[C@H](O)[C@H]3O)[C@H](O)CC[C@@]2(C)[C@@H]1CCC1=CCOC1=O. The Kier molecular flexibility index (Phi) is 7.79. The van der Waals surface area contributed by atoms with E-state index in [1.807, 2.05) is 13.0 Å². The second-order valence-corrected chi connectivity index (χ2v) is 11.2. The van der Waals surface area contributed by atoms with Crippen molar-refractivity contribution in [1.29, 1.82) is 0 Å². The Labute approximate surface area is 206 Å². The van der Waals surface area contributed by atoms with Gasteiger partial charge in [0.2, 0.25) is 0 Å². The number of cyclic esters (lactones) is 1. The normalized spacial score (nSPS) is 46.2. The van der Waals surface area contributed by atoms with E-state index in [9.17, 15) is 30.3 Å². The van der Waals surface area contributed by atoms with Crippen molar-refractivity contribution in [2.75, 3.05) is 19.8 Å². The fourth-order valence-corrected chi connectivity index (χ4v) is 7.08. The van der Waals surface area contributed by atoms with E-state index in [1.165, 1.54) is 5.57 Å². The zero-order chi connectivity index (χ0) is 25.5. The average Bonchev–Trinajstić information content (AvgIpc) is 3.24. The lowest BCUT2D eigenvalue weighted by Crippen LogP contribution is -2.61. The molecule has 4 rings (SSSR count). The highest BCUT2D eigenvalue weighted by Gasteiger charge is 2.58. The third-order valence-electron chi connectivity index (χ3n) is 9.27. The van der Waals surface area contributed by atoms with Gasteiger partial charge in [-0.25, -0.2) is 4.79 Å². The molecule has 0 radical (unpaired) electrons. The zero-order valence-electron chi connectivity index (χ0n) is 20.6. The quantitative estimate of drug-likeness (QED) is 0.255. The van der Waals surface area contributed by atoms with Gasteiger partial charge in [0.25, 0.3) is 0 Å². The molecule has 10 atom stereocenters. The van der Waals surface area contributed by atoms with Crippen molar-refractivity contribution in [3.63, 3.8) is 0 Å². The minimum absolute atomic E-state index is 0.0772. The van der Waals surface area contributed by atoms with Crippen LogP contribution in [-0.4, -0.2) is 88.1 Å². The van der Waals surface area contributed by atoms with E-state index in [2.05, 4.69) is 13.5 Å². The minimum atomic E-state index is -1.51. The van der Waals surface area contributed by atoms with Crippen LogP contribution in [0, 0.1) is 22.7 Å². The average molecular weight is 497 g/mol. The lowest BCUT2D eigenvalue weighted by Gasteiger charge is -2.60. The number of rotatable bonds is 7. The number of carbonyl (C=O) groups excluding carboxylic acids is 1. The Balaban J connectivity index is 1.50. The molecule has 2 aliphatic heterocycles. The van der Waals surface area contributed by atoms with Crippen LogP contribution in [0.25, 0.3) is 0 Å². The van der Waals surface area contributed by atoms with Crippen molar-refractivity contribution in [2.45, 2.75) is 89.2 Å². The van der Waals surface area contributed by atoms with Crippen molar-refractivity contribution in [1.82, 2.24) is 0 Å². The molecule has 0 spiro atoms. The van der Waals surface area contributed by atoms with Crippen LogP contribution in [0.2, 0.25) is 0 Å². The van der Waals surface area contributed by atoms with E-state index >= 15 is 0 Å². The highest BCUT2D eigenvalue weighted by atomic mass is 16.7. The molecular weight excluding hydrogens is 456 g/mol. The van der Waals surface area contributed by atoms with Crippen molar-refractivity contribution < 1.29 is 44.5 Å². The molecule has 35 heavy (non-hydrogen) atoms. The molecule has 2 saturated carbocycles. The highest BCUT2D eigenvalue weighted by Crippen LogP contribution is 2.62. The Bertz CT molecular complexity index is 841. The molecule has 3 fully saturated rings. The van der Waals surface area contributed by atoms with Crippen LogP contribution >= 0.6 is 0 Å². The van der Waals surface area contributed by atoms with Crippen molar-refractivity contribution >= 4 is 5.97 Å². The van der Waals surface area contributed by atoms with Gasteiger partial charge in [-0.15, -0.1) is 0 Å². The third-order valence-corrected chi connectivity index (χ3v) is 9.27. The first-order chi connectivity index (χ1) is 16.5. The maximum atomic E-state index is 11.9. The molecule has 0 aromatic rings. The Hall–Kier alpha value is -1.33. The first-order valence-electron chi connectivity index (χ1n) is 12.7. The van der Waals surface area contributed by atoms with E-state index in [-0.39, 0.29) is 29.8 Å². The molecule has 2 aliphatic carbocycles. The summed E-state index contributed by atoms with van der Waals surface area (Å²) in [6.45, 7) is 8.48. The van der Waals surface area contributed by atoms with Crippen LogP contribution in [-0.2, 0) is 19.0 Å². The molecular formula is C26H40O9. The predicted octanol–water partition coefficient (Wildman–Crippen LogP) is 0.816. The number of aliphatic hydroxyl groups is 5. The Morgan fingerprint density at radius 1 is 1.14 bits per heavy atom. The van der Waals surface area contributed by atoms with Gasteiger partial charge in [-0.1, -0.05) is 26.0 Å². The molecule has 5 N–H and O–H groups in total. The fourth-order valence-electron chi connectivity index (χ4n) is 7.08. The largest absolute Gasteiger partial charge is 0.458 e. The van der Waals surface area contributed by atoms with Crippen molar-refractivity contribution in [3.05, 3.63) is 23.8 Å². The number of esters is 1. The first-order valence-corrected chi connectivity index (χ1v) is 12.7. The van der Waals surface area contributed by atoms with Gasteiger partial charge in [-0.2, -0.15) is 0 Å². The number of carbonyl (C=O) groups is 1. The van der Waals surface area contributed by atoms with E-state index in [4.69, 9.17) is 14.2 Å². The van der Waals surface area contributed by atoms with Crippen LogP contribution in [0.3, 0.4) is 0 Å². The van der Waals surface area contributed by atoms with Gasteiger partial charge in [0.05, 0.1) is 19.3 Å². The van der Waals surface area contributed by atoms with Gasteiger partial charge in [-0.3, -0.25) is 0 Å². The summed E-state index contributed by atoms with van der Waals surface area (Å²) in [6, 6.07) is 0. The summed E-state index contributed by atoms with van der Waals surface area (Å²) in [5, 5.41) is 51.2. The number of hydrogen-bond acceptors (Lipinski definition) is 9. The molecule has 9 heteroatoms. The summed E-state index contributed by atoms with van der Waals surface area (Å²) >= 11 is 0. The monoisotopic (exact) mass is 496 g/mol. The second kappa shape index (κ2) is 10.2. The summed E-state index contributed by atoms with van der Waals surface area (Å²) in [5.74, 6) is 0.0169. The Morgan fingerprint density at radius 3 is 2.54 bits per heavy atom. The fraction of sp³-hybridized carbons (Fsp3) is 0.808. The van der Waals surface area contributed by atoms with E-state index in [1.54, 1.807) is 0 Å². The summed E-state index contributed by atoms with van der Waals surface area (Å²) in [5.41, 5.74) is 1.07. The molecule has 0 bridgehead atoms. The molecule has 4 aliphatic rings. The summed E-state index contributed by atoms with van der Waals surface area (Å²) < 4.78 is 16.5. The van der Waals surface area contributed by atoms with Crippen LogP contribution in [0.4, 0.5) is 0 Å². The summed E-state index contributed by atoms with van der Waals surface area (Å²) in [4.78, 5) is 11.9. The van der Waals surface area contributed by atoms with Crippen LogP contribution in [0.15, 0.2) is 23.8 Å². The smallest absolute Gasteiger partial charge is 0.334 e. The minimum Gasteiger partial charge on any atom is -0.458 e. The maximum Gasteiger partial charge on any atom is 0.334 e. The summed E-state index contributed by atoms with van der Waals surface area (Å²) in [6.07, 6.45) is -1.06. The number of aliphatic hydroxyl groups excluding tert-OH is 5. The standard InChI is InChI=1S/C26H40O9/c1-14-4-7-18-25(2,16(14)6-5-15-9-11-33-23(15)32)10-8-19(28)26(18,3)13-34-24-22(31)21(30)20(29)17(12-27)35-24/h9,16-22,24,27-31H,1,4-8,10-13H2,2-3H3/t16-,17-,18+,19-,20-,21+,22-,24+,25+,26+/m1/s1. The predicted molar refractivity (Wildman–Crippen MR) is 125 cm³/mol.